The van der Waals surface area contributed by atoms with Crippen LogP contribution in [0.4, 0.5) is 0 Å². The molecule has 0 radical (unpaired) electrons. The van der Waals surface area contributed by atoms with Crippen LogP contribution in [0.25, 0.3) is 0 Å². The van der Waals surface area contributed by atoms with Crippen LogP contribution < -0.4 is 5.32 Å². The monoisotopic (exact) mass is 275 g/mol. The molecule has 1 aromatic rings. The molecule has 0 aliphatic carbocycles. The van der Waals surface area contributed by atoms with Gasteiger partial charge in [-0.15, -0.1) is 0 Å². The van der Waals surface area contributed by atoms with Crippen molar-refractivity contribution in [2.24, 2.45) is 0 Å². The zero-order valence-corrected chi connectivity index (χ0v) is 10.4. The molecule has 1 rings (SSSR count). The molecule has 5 nitrogen and oxygen atoms in total. The molecule has 0 aromatic carbocycles. The highest BCUT2D eigenvalue weighted by Gasteiger charge is 2.11. The van der Waals surface area contributed by atoms with Gasteiger partial charge in [-0.1, -0.05) is 28.0 Å². The Morgan fingerprint density at radius 2 is 2.40 bits per heavy atom. The average Bonchev–Trinajstić information content (AvgIpc) is 2.63. The van der Waals surface area contributed by atoms with E-state index in [1.165, 1.54) is 0 Å². The molecule has 1 unspecified atom stereocenters. The molecule has 1 aromatic heterocycles. The number of amides is 1. The summed E-state index contributed by atoms with van der Waals surface area (Å²) in [6, 6.07) is 0. The summed E-state index contributed by atoms with van der Waals surface area (Å²) in [6.45, 7) is 4.22. The average molecular weight is 276 g/mol. The maximum absolute atomic E-state index is 11.3. The van der Waals surface area contributed by atoms with E-state index >= 15 is 0 Å². The van der Waals surface area contributed by atoms with Crippen LogP contribution in [-0.2, 0) is 11.2 Å². The third-order valence-electron chi connectivity index (χ3n) is 1.85. The van der Waals surface area contributed by atoms with Crippen LogP contribution in [-0.4, -0.2) is 27.4 Å². The topological polar surface area (TPSA) is 68.0 Å². The third kappa shape index (κ3) is 3.99. The Balaban J connectivity index is 2.24. The summed E-state index contributed by atoms with van der Waals surface area (Å²) in [6.07, 6.45) is 1.33. The van der Waals surface area contributed by atoms with Gasteiger partial charge in [0.1, 0.15) is 0 Å². The molecule has 0 saturated heterocycles. The molecule has 15 heavy (non-hydrogen) atoms. The largest absolute Gasteiger partial charge is 0.355 e. The minimum absolute atomic E-state index is 0.00580. The predicted octanol–water partition coefficient (Wildman–Crippen LogP) is 1.21. The first-order valence-corrected chi connectivity index (χ1v) is 5.76. The van der Waals surface area contributed by atoms with Crippen molar-refractivity contribution in [1.82, 2.24) is 15.5 Å². The van der Waals surface area contributed by atoms with Gasteiger partial charge >= 0.3 is 0 Å². The number of nitrogens with one attached hydrogen (secondary N) is 1. The smallest absolute Gasteiger partial charge is 0.233 e. The number of rotatable bonds is 5. The highest BCUT2D eigenvalue weighted by atomic mass is 79.9. The molecule has 0 aliphatic heterocycles. The highest BCUT2D eigenvalue weighted by Crippen LogP contribution is 2.03. The van der Waals surface area contributed by atoms with Gasteiger partial charge in [0.05, 0.1) is 4.83 Å². The van der Waals surface area contributed by atoms with E-state index in [-0.39, 0.29) is 10.7 Å². The van der Waals surface area contributed by atoms with E-state index < -0.39 is 0 Å². The molecule has 1 amide bonds. The number of halogens is 1. The zero-order valence-electron chi connectivity index (χ0n) is 8.79. The van der Waals surface area contributed by atoms with Crippen molar-refractivity contribution in [1.29, 1.82) is 0 Å². The van der Waals surface area contributed by atoms with E-state index in [9.17, 15) is 4.79 Å². The fourth-order valence-electron chi connectivity index (χ4n) is 1.03. The number of hydrogen-bond acceptors (Lipinski definition) is 4. The number of nitrogens with zero attached hydrogens (tertiary/aromatic N) is 2. The van der Waals surface area contributed by atoms with E-state index in [4.69, 9.17) is 4.52 Å². The maximum Gasteiger partial charge on any atom is 0.233 e. The van der Waals surface area contributed by atoms with Crippen molar-refractivity contribution in [3.8, 4) is 0 Å². The lowest BCUT2D eigenvalue weighted by molar-refractivity contribution is -0.120. The minimum atomic E-state index is -0.123. The van der Waals surface area contributed by atoms with Crippen molar-refractivity contribution in [2.45, 2.75) is 31.5 Å². The molecule has 1 N–H and O–H groups in total. The van der Waals surface area contributed by atoms with Gasteiger partial charge in [-0.2, -0.15) is 4.98 Å². The van der Waals surface area contributed by atoms with E-state index in [1.54, 1.807) is 6.92 Å². The first kappa shape index (κ1) is 12.2. The number of hydrogen-bond donors (Lipinski definition) is 1. The van der Waals surface area contributed by atoms with E-state index in [0.29, 0.717) is 24.7 Å². The molecular weight excluding hydrogens is 262 g/mol. The van der Waals surface area contributed by atoms with Gasteiger partial charge in [0.15, 0.2) is 5.82 Å². The van der Waals surface area contributed by atoms with Crippen LogP contribution in [0.15, 0.2) is 4.52 Å². The fourth-order valence-corrected chi connectivity index (χ4v) is 1.19. The SMILES string of the molecule is CCC(Br)C(=O)NCCc1nc(C)no1. The molecule has 0 saturated carbocycles. The van der Waals surface area contributed by atoms with Crippen LogP contribution in [0.3, 0.4) is 0 Å². The Morgan fingerprint density at radius 3 is 2.93 bits per heavy atom. The summed E-state index contributed by atoms with van der Waals surface area (Å²) in [5, 5.41) is 6.44. The molecule has 0 spiro atoms. The Bertz CT molecular complexity index is 327. The number of aryl methyl sites for hydroxylation is 1. The van der Waals surface area contributed by atoms with Crippen molar-refractivity contribution in [2.75, 3.05) is 6.54 Å². The van der Waals surface area contributed by atoms with Crippen LogP contribution >= 0.6 is 15.9 Å². The van der Waals surface area contributed by atoms with Crippen LogP contribution in [0, 0.1) is 6.92 Å². The lowest BCUT2D eigenvalue weighted by Crippen LogP contribution is -2.32. The normalized spacial score (nSPS) is 12.5. The van der Waals surface area contributed by atoms with Gasteiger partial charge in [0.25, 0.3) is 0 Å². The summed E-state index contributed by atoms with van der Waals surface area (Å²) in [5.74, 6) is 1.16. The summed E-state index contributed by atoms with van der Waals surface area (Å²) in [7, 11) is 0. The van der Waals surface area contributed by atoms with Crippen LogP contribution in [0.5, 0.6) is 0 Å². The molecule has 6 heteroatoms. The van der Waals surface area contributed by atoms with Crippen molar-refractivity contribution >= 4 is 21.8 Å². The summed E-state index contributed by atoms with van der Waals surface area (Å²) < 4.78 is 4.91. The van der Waals surface area contributed by atoms with E-state index in [2.05, 4.69) is 31.4 Å². The first-order chi connectivity index (χ1) is 7.13. The molecular formula is C9H14BrN3O2. The molecule has 84 valence electrons. The fraction of sp³-hybridized carbons (Fsp3) is 0.667. The van der Waals surface area contributed by atoms with E-state index in [1.807, 2.05) is 6.92 Å². The minimum Gasteiger partial charge on any atom is -0.355 e. The van der Waals surface area contributed by atoms with Gasteiger partial charge in [-0.3, -0.25) is 4.79 Å². The lowest BCUT2D eigenvalue weighted by atomic mass is 10.3. The second-order valence-corrected chi connectivity index (χ2v) is 4.26. The quantitative estimate of drug-likeness (QED) is 0.821. The highest BCUT2D eigenvalue weighted by molar-refractivity contribution is 9.10. The van der Waals surface area contributed by atoms with Crippen molar-refractivity contribution < 1.29 is 9.32 Å². The van der Waals surface area contributed by atoms with Crippen LogP contribution in [0.1, 0.15) is 25.1 Å². The Labute approximate surface area is 96.7 Å². The van der Waals surface area contributed by atoms with Gasteiger partial charge in [0, 0.05) is 13.0 Å². The van der Waals surface area contributed by atoms with Crippen molar-refractivity contribution in [3.05, 3.63) is 11.7 Å². The molecule has 0 aliphatic rings. The third-order valence-corrected chi connectivity index (χ3v) is 2.91. The maximum atomic E-state index is 11.3. The molecule has 1 heterocycles. The van der Waals surface area contributed by atoms with Gasteiger partial charge < -0.3 is 9.84 Å². The lowest BCUT2D eigenvalue weighted by Gasteiger charge is -2.06. The summed E-state index contributed by atoms with van der Waals surface area (Å²) in [5.41, 5.74) is 0. The first-order valence-electron chi connectivity index (χ1n) is 4.84. The Hall–Kier alpha value is -0.910. The molecule has 0 fully saturated rings. The second-order valence-electron chi connectivity index (χ2n) is 3.15. The van der Waals surface area contributed by atoms with Crippen LogP contribution in [0.2, 0.25) is 0 Å². The van der Waals surface area contributed by atoms with Gasteiger partial charge in [0.2, 0.25) is 11.8 Å². The summed E-state index contributed by atoms with van der Waals surface area (Å²) >= 11 is 3.27. The van der Waals surface area contributed by atoms with Gasteiger partial charge in [-0.25, -0.2) is 0 Å². The van der Waals surface area contributed by atoms with Gasteiger partial charge in [-0.05, 0) is 13.3 Å². The second kappa shape index (κ2) is 5.85. The molecule has 1 atom stereocenters. The zero-order chi connectivity index (χ0) is 11.3. The predicted molar refractivity (Wildman–Crippen MR) is 58.8 cm³/mol. The number of carbonyl (C=O) groups is 1. The van der Waals surface area contributed by atoms with E-state index in [0.717, 1.165) is 6.42 Å². The Kier molecular flexibility index (Phi) is 4.74. The molecule has 0 bridgehead atoms. The van der Waals surface area contributed by atoms with Crippen molar-refractivity contribution in [3.63, 3.8) is 0 Å². The number of aromatic nitrogens is 2. The number of carbonyl (C=O) groups excluding carboxylic acids is 1. The summed E-state index contributed by atoms with van der Waals surface area (Å²) in [4.78, 5) is 15.3. The Morgan fingerprint density at radius 1 is 1.67 bits per heavy atom. The standard InChI is InChI=1S/C9H14BrN3O2/c1-3-7(10)9(14)11-5-4-8-12-6(2)13-15-8/h7H,3-5H2,1-2H3,(H,11,14). The number of alkyl halides is 1.